The van der Waals surface area contributed by atoms with Gasteiger partial charge in [-0.1, -0.05) is 13.8 Å². The summed E-state index contributed by atoms with van der Waals surface area (Å²) in [6.07, 6.45) is 2.56. The zero-order chi connectivity index (χ0) is 13.3. The van der Waals surface area contributed by atoms with Gasteiger partial charge < -0.3 is 5.32 Å². The van der Waals surface area contributed by atoms with Crippen LogP contribution in [0.4, 0.5) is 11.4 Å². The van der Waals surface area contributed by atoms with E-state index in [-0.39, 0.29) is 10.6 Å². The molecular weight excluding hydrogens is 343 g/mol. The Morgan fingerprint density at radius 1 is 1.50 bits per heavy atom. The van der Waals surface area contributed by atoms with Crippen LogP contribution in [0.2, 0.25) is 0 Å². The maximum absolute atomic E-state index is 10.7. The van der Waals surface area contributed by atoms with Crippen LogP contribution >= 0.6 is 22.6 Å². The molecule has 1 N–H and O–H groups in total. The molecule has 0 aromatic heterocycles. The molecule has 0 heterocycles. The van der Waals surface area contributed by atoms with E-state index in [9.17, 15) is 10.1 Å². The first-order valence-electron chi connectivity index (χ1n) is 6.12. The maximum atomic E-state index is 10.7. The number of anilines is 1. The Bertz CT molecular complexity index is 470. The van der Waals surface area contributed by atoms with Gasteiger partial charge in [0, 0.05) is 18.3 Å². The minimum atomic E-state index is -0.345. The van der Waals surface area contributed by atoms with Crippen molar-refractivity contribution in [1.29, 1.82) is 0 Å². The lowest BCUT2D eigenvalue weighted by atomic mass is 9.92. The summed E-state index contributed by atoms with van der Waals surface area (Å²) in [5.74, 6) is 0.683. The minimum absolute atomic E-state index is 0.172. The van der Waals surface area contributed by atoms with E-state index in [4.69, 9.17) is 0 Å². The molecule has 0 radical (unpaired) electrons. The largest absolute Gasteiger partial charge is 0.384 e. The summed E-state index contributed by atoms with van der Waals surface area (Å²) in [5.41, 5.74) is 1.58. The summed E-state index contributed by atoms with van der Waals surface area (Å²) in [5, 5.41) is 14.1. The third-order valence-electron chi connectivity index (χ3n) is 3.91. The van der Waals surface area contributed by atoms with Gasteiger partial charge in [0.1, 0.15) is 0 Å². The summed E-state index contributed by atoms with van der Waals surface area (Å²) in [4.78, 5) is 10.4. The first kappa shape index (κ1) is 13.6. The van der Waals surface area contributed by atoms with Gasteiger partial charge in [0.15, 0.2) is 0 Å². The number of nitro groups is 1. The van der Waals surface area contributed by atoms with Gasteiger partial charge in [-0.3, -0.25) is 10.1 Å². The Hall–Kier alpha value is -0.850. The van der Waals surface area contributed by atoms with Crippen LogP contribution in [-0.4, -0.2) is 11.5 Å². The lowest BCUT2D eigenvalue weighted by molar-refractivity contribution is -0.385. The van der Waals surface area contributed by atoms with Crippen molar-refractivity contribution in [3.8, 4) is 0 Å². The first-order chi connectivity index (χ1) is 8.44. The number of nitrogens with zero attached hydrogens (tertiary/aromatic N) is 1. The monoisotopic (exact) mass is 360 g/mol. The zero-order valence-electron chi connectivity index (χ0n) is 10.6. The number of benzene rings is 1. The van der Waals surface area contributed by atoms with E-state index in [0.717, 1.165) is 12.2 Å². The molecule has 0 unspecified atom stereocenters. The SMILES string of the molecule is CC(C)C1(CNc2ccc([N+](=O)[O-])c(I)c2)CC1. The van der Waals surface area contributed by atoms with Gasteiger partial charge >= 0.3 is 0 Å². The predicted molar refractivity (Wildman–Crippen MR) is 80.8 cm³/mol. The van der Waals surface area contributed by atoms with Crippen molar-refractivity contribution in [2.45, 2.75) is 26.7 Å². The van der Waals surface area contributed by atoms with E-state index in [1.165, 1.54) is 12.8 Å². The van der Waals surface area contributed by atoms with Crippen molar-refractivity contribution in [3.63, 3.8) is 0 Å². The van der Waals surface area contributed by atoms with Gasteiger partial charge in [0.25, 0.3) is 5.69 Å². The van der Waals surface area contributed by atoms with Crippen LogP contribution in [0.3, 0.4) is 0 Å². The molecule has 0 bridgehead atoms. The van der Waals surface area contributed by atoms with Gasteiger partial charge in [0.2, 0.25) is 0 Å². The highest BCUT2D eigenvalue weighted by molar-refractivity contribution is 14.1. The highest BCUT2D eigenvalue weighted by Crippen LogP contribution is 2.51. The molecule has 2 rings (SSSR count). The molecule has 4 nitrogen and oxygen atoms in total. The highest BCUT2D eigenvalue weighted by atomic mass is 127. The fourth-order valence-electron chi connectivity index (χ4n) is 2.16. The Balaban J connectivity index is 2.03. The number of nitro benzene ring substituents is 1. The number of hydrogen-bond donors (Lipinski definition) is 1. The van der Waals surface area contributed by atoms with Crippen LogP contribution in [0, 0.1) is 25.0 Å². The van der Waals surface area contributed by atoms with Gasteiger partial charge in [-0.25, -0.2) is 0 Å². The molecule has 0 amide bonds. The fraction of sp³-hybridized carbons (Fsp3) is 0.538. The van der Waals surface area contributed by atoms with E-state index in [1.54, 1.807) is 12.1 Å². The van der Waals surface area contributed by atoms with Crippen molar-refractivity contribution < 1.29 is 4.92 Å². The smallest absolute Gasteiger partial charge is 0.282 e. The molecule has 98 valence electrons. The Morgan fingerprint density at radius 2 is 2.17 bits per heavy atom. The molecule has 1 aliphatic carbocycles. The van der Waals surface area contributed by atoms with Crippen molar-refractivity contribution in [2.75, 3.05) is 11.9 Å². The van der Waals surface area contributed by atoms with Crippen LogP contribution in [0.5, 0.6) is 0 Å². The second kappa shape index (κ2) is 5.03. The van der Waals surface area contributed by atoms with E-state index in [2.05, 4.69) is 19.2 Å². The molecule has 0 saturated heterocycles. The molecule has 1 saturated carbocycles. The third-order valence-corrected chi connectivity index (χ3v) is 4.77. The molecule has 1 aromatic carbocycles. The highest BCUT2D eigenvalue weighted by Gasteiger charge is 2.44. The van der Waals surface area contributed by atoms with Crippen molar-refractivity contribution in [1.82, 2.24) is 0 Å². The van der Waals surface area contributed by atoms with Gasteiger partial charge in [-0.05, 0) is 58.9 Å². The minimum Gasteiger partial charge on any atom is -0.384 e. The molecule has 0 aliphatic heterocycles. The number of halogens is 1. The van der Waals surface area contributed by atoms with Crippen LogP contribution in [-0.2, 0) is 0 Å². The summed E-state index contributed by atoms with van der Waals surface area (Å²) in [7, 11) is 0. The third kappa shape index (κ3) is 2.76. The van der Waals surface area contributed by atoms with Crippen molar-refractivity contribution >= 4 is 34.0 Å². The summed E-state index contributed by atoms with van der Waals surface area (Å²) in [6, 6.07) is 5.20. The number of hydrogen-bond acceptors (Lipinski definition) is 3. The summed E-state index contributed by atoms with van der Waals surface area (Å²) >= 11 is 2.01. The van der Waals surface area contributed by atoms with Crippen molar-refractivity contribution in [3.05, 3.63) is 31.9 Å². The Morgan fingerprint density at radius 3 is 2.61 bits per heavy atom. The van der Waals surface area contributed by atoms with Gasteiger partial charge in [-0.2, -0.15) is 0 Å². The lowest BCUT2D eigenvalue weighted by Gasteiger charge is -2.20. The molecule has 0 spiro atoms. The average molecular weight is 360 g/mol. The molecule has 1 fully saturated rings. The Kier molecular flexibility index (Phi) is 3.79. The van der Waals surface area contributed by atoms with Crippen molar-refractivity contribution in [2.24, 2.45) is 11.3 Å². The zero-order valence-corrected chi connectivity index (χ0v) is 12.7. The maximum Gasteiger partial charge on any atom is 0.282 e. The van der Waals surface area contributed by atoms with Crippen LogP contribution in [0.25, 0.3) is 0 Å². The molecule has 1 aromatic rings. The second-order valence-electron chi connectivity index (χ2n) is 5.29. The second-order valence-corrected chi connectivity index (χ2v) is 6.46. The molecular formula is C13H17IN2O2. The number of rotatable bonds is 5. The lowest BCUT2D eigenvalue weighted by Crippen LogP contribution is -2.20. The summed E-state index contributed by atoms with van der Waals surface area (Å²) in [6.45, 7) is 5.47. The van der Waals surface area contributed by atoms with E-state index < -0.39 is 0 Å². The van der Waals surface area contributed by atoms with Gasteiger partial charge in [0.05, 0.1) is 8.49 Å². The normalized spacial score (nSPS) is 16.7. The van der Waals surface area contributed by atoms with Gasteiger partial charge in [-0.15, -0.1) is 0 Å². The standard InChI is InChI=1S/C13H17IN2O2/c1-9(2)13(5-6-13)8-15-10-3-4-12(16(17)18)11(14)7-10/h3-4,7,9,15H,5-6,8H2,1-2H3. The first-order valence-corrected chi connectivity index (χ1v) is 7.20. The summed E-state index contributed by atoms with van der Waals surface area (Å²) < 4.78 is 0.678. The molecule has 0 atom stereocenters. The van der Waals surface area contributed by atoms with E-state index >= 15 is 0 Å². The van der Waals surface area contributed by atoms with Crippen LogP contribution in [0.15, 0.2) is 18.2 Å². The van der Waals surface area contributed by atoms with Crippen LogP contribution < -0.4 is 5.32 Å². The van der Waals surface area contributed by atoms with E-state index in [1.807, 2.05) is 28.7 Å². The average Bonchev–Trinajstić information content (AvgIpc) is 3.07. The number of nitrogens with one attached hydrogen (secondary N) is 1. The predicted octanol–water partition coefficient (Wildman–Crippen LogP) is 4.05. The topological polar surface area (TPSA) is 55.2 Å². The molecule has 18 heavy (non-hydrogen) atoms. The Labute approximate surface area is 120 Å². The molecule has 5 heteroatoms. The van der Waals surface area contributed by atoms with Crippen LogP contribution in [0.1, 0.15) is 26.7 Å². The quantitative estimate of drug-likeness (QED) is 0.490. The molecule has 1 aliphatic rings. The van der Waals surface area contributed by atoms with E-state index in [0.29, 0.717) is 14.9 Å². The fourth-order valence-corrected chi connectivity index (χ4v) is 2.87.